The van der Waals surface area contributed by atoms with E-state index < -0.39 is 17.9 Å². The van der Waals surface area contributed by atoms with Crippen LogP contribution in [0.1, 0.15) is 21.5 Å². The lowest BCUT2D eigenvalue weighted by Gasteiger charge is -2.14. The molecular weight excluding hydrogens is 412 g/mol. The van der Waals surface area contributed by atoms with Gasteiger partial charge in [0.2, 0.25) is 5.91 Å². The van der Waals surface area contributed by atoms with Crippen LogP contribution in [0.5, 0.6) is 0 Å². The minimum Gasteiger partial charge on any atom is -0.397 e. The number of nitrogen functional groups attached to an aromatic ring is 1. The van der Waals surface area contributed by atoms with Gasteiger partial charge in [0.25, 0.3) is 11.8 Å². The van der Waals surface area contributed by atoms with Crippen molar-refractivity contribution >= 4 is 29.1 Å². The van der Waals surface area contributed by atoms with Gasteiger partial charge in [-0.3, -0.25) is 19.6 Å². The molecule has 2 rings (SSSR count). The maximum absolute atomic E-state index is 12.2. The van der Waals surface area contributed by atoms with Gasteiger partial charge in [-0.1, -0.05) is 11.8 Å². The fourth-order valence-corrected chi connectivity index (χ4v) is 2.42. The first-order chi connectivity index (χ1) is 15.4. The zero-order chi connectivity index (χ0) is 23.5. The van der Waals surface area contributed by atoms with Gasteiger partial charge in [0.05, 0.1) is 17.9 Å². The van der Waals surface area contributed by atoms with E-state index in [-0.39, 0.29) is 19.0 Å². The van der Waals surface area contributed by atoms with Crippen molar-refractivity contribution in [1.29, 1.82) is 0 Å². The van der Waals surface area contributed by atoms with Gasteiger partial charge >= 0.3 is 0 Å². The maximum atomic E-state index is 12.2. The van der Waals surface area contributed by atoms with E-state index >= 15 is 0 Å². The highest BCUT2D eigenvalue weighted by Gasteiger charge is 2.19. The second-order valence-electron chi connectivity index (χ2n) is 6.37. The normalized spacial score (nSPS) is 10.5. The summed E-state index contributed by atoms with van der Waals surface area (Å²) in [5.41, 5.74) is 20.3. The predicted molar refractivity (Wildman–Crippen MR) is 119 cm³/mol. The van der Waals surface area contributed by atoms with Gasteiger partial charge in [-0.15, -0.1) is 0 Å². The van der Waals surface area contributed by atoms with Crippen molar-refractivity contribution in [3.05, 3.63) is 59.2 Å². The third-order valence-electron chi connectivity index (χ3n) is 4.10. The summed E-state index contributed by atoms with van der Waals surface area (Å²) in [6.45, 7) is -0.311. The third-order valence-corrected chi connectivity index (χ3v) is 4.10. The maximum Gasteiger partial charge on any atom is 0.267 e. The molecule has 0 saturated heterocycles. The Hall–Kier alpha value is -4.35. The molecule has 0 spiro atoms. The monoisotopic (exact) mass is 434 g/mol. The molecule has 0 saturated carbocycles. The van der Waals surface area contributed by atoms with Crippen LogP contribution in [0.3, 0.4) is 0 Å². The van der Waals surface area contributed by atoms with Crippen LogP contribution in [0.15, 0.2) is 42.5 Å². The molecule has 0 bridgehead atoms. The fourth-order valence-electron chi connectivity index (χ4n) is 2.42. The number of benzene rings is 2. The topological polar surface area (TPSA) is 186 Å². The summed E-state index contributed by atoms with van der Waals surface area (Å²) in [6, 6.07) is 10.2. The highest BCUT2D eigenvalue weighted by atomic mass is 16.5. The van der Waals surface area contributed by atoms with E-state index in [0.29, 0.717) is 28.1 Å². The van der Waals surface area contributed by atoms with Gasteiger partial charge in [-0.25, -0.2) is 5.48 Å². The second-order valence-corrected chi connectivity index (χ2v) is 6.37. The van der Waals surface area contributed by atoms with Crippen molar-refractivity contribution in [2.75, 3.05) is 24.1 Å². The van der Waals surface area contributed by atoms with Crippen molar-refractivity contribution in [1.82, 2.24) is 10.8 Å². The summed E-state index contributed by atoms with van der Waals surface area (Å²) in [7, 11) is 0. The summed E-state index contributed by atoms with van der Waals surface area (Å²) in [6.07, 6.45) is 0. The molecule has 10 N–H and O–H groups in total. The van der Waals surface area contributed by atoms with Crippen LogP contribution in [0.2, 0.25) is 0 Å². The number of carbonyl (C=O) groups is 3. The van der Waals surface area contributed by atoms with Gasteiger partial charge < -0.3 is 27.8 Å². The number of hydrogen-bond acceptors (Lipinski definition) is 7. The van der Waals surface area contributed by atoms with Gasteiger partial charge in [0.15, 0.2) is 0 Å². The Kier molecular flexibility index (Phi) is 8.78. The van der Waals surface area contributed by atoms with Crippen LogP contribution in [0.25, 0.3) is 0 Å². The Balaban J connectivity index is 2.02. The van der Waals surface area contributed by atoms with Crippen molar-refractivity contribution in [2.45, 2.75) is 6.04 Å². The van der Waals surface area contributed by atoms with E-state index in [1.165, 1.54) is 17.6 Å². The van der Waals surface area contributed by atoms with Gasteiger partial charge in [-0.05, 0) is 54.3 Å². The fraction of sp³-hybridized carbons (Fsp3) is 0.136. The molecule has 0 radical (unpaired) electrons. The van der Waals surface area contributed by atoms with E-state index in [9.17, 15) is 14.4 Å². The minimum absolute atomic E-state index is 0.142. The van der Waals surface area contributed by atoms with Crippen LogP contribution in [0, 0.1) is 23.7 Å². The quantitative estimate of drug-likeness (QED) is 0.133. The summed E-state index contributed by atoms with van der Waals surface area (Å²) < 4.78 is 0. The van der Waals surface area contributed by atoms with Crippen LogP contribution in [-0.2, 0) is 9.59 Å². The van der Waals surface area contributed by atoms with E-state index in [1.54, 1.807) is 30.3 Å². The number of hydrogen-bond donors (Lipinski definition) is 7. The number of amides is 3. The highest BCUT2D eigenvalue weighted by molar-refractivity contribution is 5.97. The Bertz CT molecular complexity index is 1120. The van der Waals surface area contributed by atoms with Crippen molar-refractivity contribution in [2.24, 2.45) is 11.5 Å². The number of rotatable bonds is 6. The van der Waals surface area contributed by atoms with Crippen molar-refractivity contribution in [3.63, 3.8) is 0 Å². The Morgan fingerprint density at radius 1 is 0.969 bits per heavy atom. The minimum atomic E-state index is -1.05. The van der Waals surface area contributed by atoms with E-state index in [2.05, 4.69) is 34.3 Å². The Morgan fingerprint density at radius 2 is 1.59 bits per heavy atom. The molecular formula is C22H22N6O4. The average molecular weight is 434 g/mol. The summed E-state index contributed by atoms with van der Waals surface area (Å²) in [4.78, 5) is 34.9. The molecule has 0 aliphatic carbocycles. The number of hydroxylamine groups is 1. The van der Waals surface area contributed by atoms with E-state index in [4.69, 9.17) is 22.4 Å². The summed E-state index contributed by atoms with van der Waals surface area (Å²) >= 11 is 0. The molecule has 0 fully saturated rings. The lowest BCUT2D eigenvalue weighted by Crippen LogP contribution is -2.50. The van der Waals surface area contributed by atoms with Crippen LogP contribution < -0.4 is 33.3 Å². The average Bonchev–Trinajstić information content (AvgIpc) is 2.81. The summed E-state index contributed by atoms with van der Waals surface area (Å²) in [5, 5.41) is 13.6. The smallest absolute Gasteiger partial charge is 0.267 e. The first kappa shape index (κ1) is 23.9. The SMILES string of the molecule is NCC(=O)Nc1ccc(C#CC#Cc2ccc(C(=O)N[C@@H](CN)C(=O)NO)cc2)cc1N. The third kappa shape index (κ3) is 6.86. The van der Waals surface area contributed by atoms with Crippen molar-refractivity contribution < 1.29 is 19.6 Å². The number of nitrogens with one attached hydrogen (secondary N) is 3. The van der Waals surface area contributed by atoms with Crippen LogP contribution in [0.4, 0.5) is 11.4 Å². The molecule has 3 amide bonds. The van der Waals surface area contributed by atoms with Crippen LogP contribution in [-0.4, -0.2) is 42.1 Å². The van der Waals surface area contributed by atoms with E-state index in [1.807, 2.05) is 0 Å². The lowest BCUT2D eigenvalue weighted by molar-refractivity contribution is -0.130. The predicted octanol–water partition coefficient (Wildman–Crippen LogP) is -0.868. The standard InChI is InChI=1S/C22H22N6O4/c23-12-19(22(31)28-32)27-21(30)16-8-5-14(6-9-16)3-1-2-4-15-7-10-18(17(25)11-15)26-20(29)13-24/h5-11,19,32H,12-13,23-25H2,(H,26,29)(H,27,30)(H,28,31)/t19-/m0/s1. The molecule has 0 aliphatic rings. The Labute approximate surface area is 184 Å². The van der Waals surface area contributed by atoms with Crippen LogP contribution >= 0.6 is 0 Å². The lowest BCUT2D eigenvalue weighted by atomic mass is 10.1. The van der Waals surface area contributed by atoms with Gasteiger partial charge in [0, 0.05) is 23.2 Å². The molecule has 0 heterocycles. The molecule has 10 heteroatoms. The van der Waals surface area contributed by atoms with Gasteiger partial charge in [-0.2, -0.15) is 0 Å². The summed E-state index contributed by atoms with van der Waals surface area (Å²) in [5.74, 6) is 9.42. The zero-order valence-corrected chi connectivity index (χ0v) is 16.9. The van der Waals surface area contributed by atoms with Gasteiger partial charge in [0.1, 0.15) is 6.04 Å². The molecule has 2 aromatic carbocycles. The number of nitrogens with two attached hydrogens (primary N) is 3. The number of anilines is 2. The molecule has 0 aliphatic heterocycles. The molecule has 2 aromatic rings. The molecule has 32 heavy (non-hydrogen) atoms. The number of carbonyl (C=O) groups excluding carboxylic acids is 3. The first-order valence-corrected chi connectivity index (χ1v) is 9.34. The molecule has 164 valence electrons. The highest BCUT2D eigenvalue weighted by Crippen LogP contribution is 2.19. The largest absolute Gasteiger partial charge is 0.397 e. The van der Waals surface area contributed by atoms with E-state index in [0.717, 1.165) is 0 Å². The second kappa shape index (κ2) is 11.7. The first-order valence-electron chi connectivity index (χ1n) is 9.34. The molecule has 0 aromatic heterocycles. The molecule has 0 unspecified atom stereocenters. The molecule has 10 nitrogen and oxygen atoms in total. The zero-order valence-electron chi connectivity index (χ0n) is 16.9. The van der Waals surface area contributed by atoms with Crippen molar-refractivity contribution in [3.8, 4) is 23.7 Å². The Morgan fingerprint density at radius 3 is 2.16 bits per heavy atom. The molecule has 1 atom stereocenters.